The maximum absolute atomic E-state index is 13.5. The Morgan fingerprint density at radius 1 is 0.923 bits per heavy atom. The zero-order valence-corrected chi connectivity index (χ0v) is 24.5. The highest BCUT2D eigenvalue weighted by Gasteiger charge is 2.27. The van der Waals surface area contributed by atoms with Crippen LogP contribution in [0.15, 0.2) is 82.8 Å². The summed E-state index contributed by atoms with van der Waals surface area (Å²) in [4.78, 5) is 12.8. The van der Waals surface area contributed by atoms with Crippen LogP contribution in [0.1, 0.15) is 17.0 Å². The monoisotopic (exact) mass is 622 g/mol. The van der Waals surface area contributed by atoms with Crippen LogP contribution < -0.4 is 9.73 Å². The van der Waals surface area contributed by atoms with E-state index in [4.69, 9.17) is 46.4 Å². The van der Waals surface area contributed by atoms with E-state index in [2.05, 4.69) is 10.5 Å². The van der Waals surface area contributed by atoms with E-state index in [9.17, 15) is 13.2 Å². The molecule has 0 aliphatic heterocycles. The third kappa shape index (κ3) is 6.59. The normalized spacial score (nSPS) is 11.6. The lowest BCUT2D eigenvalue weighted by Gasteiger charge is -2.23. The number of nitrogens with zero attached hydrogens (tertiary/aromatic N) is 3. The minimum atomic E-state index is -4.13. The number of amides is 1. The second-order valence-electron chi connectivity index (χ2n) is 8.50. The molecule has 0 radical (unpaired) electrons. The average molecular weight is 624 g/mol. The van der Waals surface area contributed by atoms with Crippen molar-refractivity contribution in [3.05, 3.63) is 110 Å². The first-order valence-corrected chi connectivity index (χ1v) is 14.4. The van der Waals surface area contributed by atoms with E-state index < -0.39 is 22.5 Å². The van der Waals surface area contributed by atoms with Crippen molar-refractivity contribution in [1.82, 2.24) is 9.99 Å². The van der Waals surface area contributed by atoms with Crippen LogP contribution in [0.2, 0.25) is 20.1 Å². The smallest absolute Gasteiger partial charge is 0.264 e. The summed E-state index contributed by atoms with van der Waals surface area (Å²) >= 11 is 24.6. The molecule has 3 aromatic carbocycles. The van der Waals surface area contributed by atoms with E-state index in [-0.39, 0.29) is 10.6 Å². The predicted octanol–water partition coefficient (Wildman–Crippen LogP) is 7.05. The first kappa shape index (κ1) is 29.0. The summed E-state index contributed by atoms with van der Waals surface area (Å²) in [5, 5.41) is 5.83. The Labute approximate surface area is 246 Å². The van der Waals surface area contributed by atoms with Gasteiger partial charge in [0.2, 0.25) is 0 Å². The topological polar surface area (TPSA) is 83.8 Å². The van der Waals surface area contributed by atoms with Crippen molar-refractivity contribution in [3.8, 4) is 5.69 Å². The minimum Gasteiger partial charge on any atom is -0.316 e. The van der Waals surface area contributed by atoms with E-state index in [0.717, 1.165) is 21.3 Å². The van der Waals surface area contributed by atoms with Crippen LogP contribution in [0.5, 0.6) is 0 Å². The van der Waals surface area contributed by atoms with Gasteiger partial charge in [-0.3, -0.25) is 9.10 Å². The largest absolute Gasteiger partial charge is 0.316 e. The van der Waals surface area contributed by atoms with Crippen molar-refractivity contribution in [2.24, 2.45) is 5.10 Å². The van der Waals surface area contributed by atoms with Crippen molar-refractivity contribution in [2.75, 3.05) is 10.8 Å². The molecule has 202 valence electrons. The number of benzene rings is 3. The predicted molar refractivity (Wildman–Crippen MR) is 158 cm³/mol. The Balaban J connectivity index is 1.57. The molecule has 1 N–H and O–H groups in total. The summed E-state index contributed by atoms with van der Waals surface area (Å²) in [6.07, 6.45) is 1.48. The van der Waals surface area contributed by atoms with E-state index in [1.165, 1.54) is 36.5 Å². The molecule has 1 aromatic heterocycles. The Kier molecular flexibility index (Phi) is 8.93. The fourth-order valence-corrected chi connectivity index (χ4v) is 6.06. The van der Waals surface area contributed by atoms with Gasteiger partial charge in [-0.05, 0) is 80.6 Å². The van der Waals surface area contributed by atoms with Crippen LogP contribution in [-0.2, 0) is 14.8 Å². The van der Waals surface area contributed by atoms with Gasteiger partial charge < -0.3 is 4.57 Å². The maximum atomic E-state index is 13.5. The number of aryl methyl sites for hydroxylation is 1. The second kappa shape index (κ2) is 12.0. The van der Waals surface area contributed by atoms with Crippen molar-refractivity contribution < 1.29 is 13.2 Å². The average Bonchev–Trinajstić information content (AvgIpc) is 3.16. The molecule has 0 unspecified atom stereocenters. The molecule has 0 fully saturated rings. The number of carbonyl (C=O) groups excluding carboxylic acids is 1. The fraction of sp³-hybridized carbons (Fsp3) is 0.111. The first-order valence-electron chi connectivity index (χ1n) is 11.5. The summed E-state index contributed by atoms with van der Waals surface area (Å²) in [6, 6.07) is 18.9. The van der Waals surface area contributed by atoms with Gasteiger partial charge in [0.25, 0.3) is 15.9 Å². The molecule has 0 bridgehead atoms. The molecule has 0 aliphatic rings. The Hall–Kier alpha value is -3.01. The Morgan fingerprint density at radius 3 is 2.28 bits per heavy atom. The van der Waals surface area contributed by atoms with Gasteiger partial charge in [0.1, 0.15) is 6.54 Å². The molecule has 4 rings (SSSR count). The number of nitrogens with one attached hydrogen (secondary N) is 1. The summed E-state index contributed by atoms with van der Waals surface area (Å²) < 4.78 is 29.8. The van der Waals surface area contributed by atoms with E-state index in [0.29, 0.717) is 25.8 Å². The fourth-order valence-electron chi connectivity index (χ4n) is 3.97. The van der Waals surface area contributed by atoms with Gasteiger partial charge in [0, 0.05) is 32.0 Å². The van der Waals surface area contributed by atoms with Gasteiger partial charge >= 0.3 is 0 Å². The highest BCUT2D eigenvalue weighted by Crippen LogP contribution is 2.29. The van der Waals surface area contributed by atoms with Crippen LogP contribution in [0.25, 0.3) is 5.69 Å². The lowest BCUT2D eigenvalue weighted by Crippen LogP contribution is -2.39. The summed E-state index contributed by atoms with van der Waals surface area (Å²) in [7, 11) is -4.13. The Bertz CT molecular complexity index is 1670. The van der Waals surface area contributed by atoms with Gasteiger partial charge in [-0.1, -0.05) is 52.5 Å². The molecule has 39 heavy (non-hydrogen) atoms. The number of hydrazone groups is 1. The molecule has 4 aromatic rings. The van der Waals surface area contributed by atoms with Gasteiger partial charge in [-0.15, -0.1) is 0 Å². The molecular formula is C27H22Cl4N4O3S. The standard InChI is InChI=1S/C27H22Cl4N4O3S/c1-17-12-19(18(2)35(17)26-14-22(30)8-11-25(26)31)15-32-33-27(36)16-34(23-5-3-4-21(29)13-23)39(37,38)24-9-6-20(28)7-10-24/h3-15H,16H2,1-2H3,(H,33,36)/b32-15-. The first-order chi connectivity index (χ1) is 18.5. The quantitative estimate of drug-likeness (QED) is 0.169. The molecule has 0 saturated carbocycles. The maximum Gasteiger partial charge on any atom is 0.264 e. The summed E-state index contributed by atoms with van der Waals surface area (Å²) in [6.45, 7) is 3.25. The van der Waals surface area contributed by atoms with Crippen LogP contribution in [0.4, 0.5) is 5.69 Å². The van der Waals surface area contributed by atoms with Crippen LogP contribution in [0.3, 0.4) is 0 Å². The molecular weight excluding hydrogens is 602 g/mol. The summed E-state index contributed by atoms with van der Waals surface area (Å²) in [5.74, 6) is -0.657. The number of hydrogen-bond donors (Lipinski definition) is 1. The van der Waals surface area contributed by atoms with Crippen LogP contribution >= 0.6 is 46.4 Å². The number of anilines is 1. The van der Waals surface area contributed by atoms with E-state index in [1.54, 1.807) is 36.4 Å². The van der Waals surface area contributed by atoms with Gasteiger partial charge in [0.15, 0.2) is 0 Å². The molecule has 7 nitrogen and oxygen atoms in total. The molecule has 12 heteroatoms. The Morgan fingerprint density at radius 2 is 1.59 bits per heavy atom. The minimum absolute atomic E-state index is 0.0321. The van der Waals surface area contributed by atoms with Crippen molar-refractivity contribution in [1.29, 1.82) is 0 Å². The number of hydrogen-bond acceptors (Lipinski definition) is 4. The zero-order chi connectivity index (χ0) is 28.3. The molecule has 0 atom stereocenters. The number of aromatic nitrogens is 1. The third-order valence-electron chi connectivity index (χ3n) is 5.80. The summed E-state index contributed by atoms with van der Waals surface area (Å²) in [5.41, 5.74) is 5.77. The van der Waals surface area contributed by atoms with Gasteiger partial charge in [-0.25, -0.2) is 13.8 Å². The highest BCUT2D eigenvalue weighted by atomic mass is 35.5. The van der Waals surface area contributed by atoms with E-state index >= 15 is 0 Å². The number of halogens is 4. The second-order valence-corrected chi connectivity index (χ2v) is 12.1. The molecule has 1 amide bonds. The van der Waals surface area contributed by atoms with Crippen LogP contribution in [0, 0.1) is 13.8 Å². The third-order valence-corrected chi connectivity index (χ3v) is 8.63. The molecule has 0 spiro atoms. The lowest BCUT2D eigenvalue weighted by atomic mass is 10.2. The zero-order valence-electron chi connectivity index (χ0n) is 20.7. The van der Waals surface area contributed by atoms with Crippen molar-refractivity contribution in [3.63, 3.8) is 0 Å². The molecule has 0 saturated heterocycles. The number of rotatable bonds is 8. The lowest BCUT2D eigenvalue weighted by molar-refractivity contribution is -0.119. The molecule has 0 aliphatic carbocycles. The van der Waals surface area contributed by atoms with Crippen molar-refractivity contribution in [2.45, 2.75) is 18.7 Å². The SMILES string of the molecule is Cc1cc(/C=N\NC(=O)CN(c2cccc(Cl)c2)S(=O)(=O)c2ccc(Cl)cc2)c(C)n1-c1cc(Cl)ccc1Cl. The highest BCUT2D eigenvalue weighted by molar-refractivity contribution is 7.92. The number of sulfonamides is 1. The van der Waals surface area contributed by atoms with Gasteiger partial charge in [-0.2, -0.15) is 5.10 Å². The van der Waals surface area contributed by atoms with Crippen molar-refractivity contribution >= 4 is 74.2 Å². The molecule has 1 heterocycles. The number of carbonyl (C=O) groups is 1. The van der Waals surface area contributed by atoms with Crippen LogP contribution in [-0.4, -0.2) is 31.7 Å². The van der Waals surface area contributed by atoms with Gasteiger partial charge in [0.05, 0.1) is 27.5 Å². The van der Waals surface area contributed by atoms with E-state index in [1.807, 2.05) is 24.5 Å².